The van der Waals surface area contributed by atoms with Crippen LogP contribution >= 0.6 is 0 Å². The SMILES string of the molecule is OCCN(CCO)Cc1nnc(-c2ccco2)o1. The van der Waals surface area contributed by atoms with Gasteiger partial charge in [-0.25, -0.2) is 0 Å². The van der Waals surface area contributed by atoms with Crippen molar-refractivity contribution in [2.75, 3.05) is 26.3 Å². The van der Waals surface area contributed by atoms with E-state index >= 15 is 0 Å². The molecule has 0 unspecified atom stereocenters. The molecule has 2 N–H and O–H groups in total. The van der Waals surface area contributed by atoms with Crippen LogP contribution in [0.5, 0.6) is 0 Å². The fourth-order valence-electron chi connectivity index (χ4n) is 1.56. The van der Waals surface area contributed by atoms with Crippen LogP contribution in [0.2, 0.25) is 0 Å². The van der Waals surface area contributed by atoms with Gasteiger partial charge < -0.3 is 19.0 Å². The third kappa shape index (κ3) is 3.16. The van der Waals surface area contributed by atoms with E-state index in [2.05, 4.69) is 10.2 Å². The molecular weight excluding hydrogens is 238 g/mol. The van der Waals surface area contributed by atoms with Gasteiger partial charge in [-0.2, -0.15) is 0 Å². The summed E-state index contributed by atoms with van der Waals surface area (Å²) in [4.78, 5) is 1.82. The number of aliphatic hydroxyl groups is 2. The molecule has 7 heteroatoms. The molecule has 0 saturated carbocycles. The largest absolute Gasteiger partial charge is 0.459 e. The van der Waals surface area contributed by atoms with Crippen molar-refractivity contribution >= 4 is 0 Å². The summed E-state index contributed by atoms with van der Waals surface area (Å²) >= 11 is 0. The van der Waals surface area contributed by atoms with E-state index in [-0.39, 0.29) is 13.2 Å². The van der Waals surface area contributed by atoms with Gasteiger partial charge in [-0.3, -0.25) is 4.90 Å². The molecule has 0 saturated heterocycles. The van der Waals surface area contributed by atoms with Crippen LogP contribution < -0.4 is 0 Å². The molecule has 0 atom stereocenters. The molecule has 98 valence electrons. The normalized spacial score (nSPS) is 11.3. The highest BCUT2D eigenvalue weighted by Gasteiger charge is 2.13. The van der Waals surface area contributed by atoms with Crippen LogP contribution in [0.4, 0.5) is 0 Å². The van der Waals surface area contributed by atoms with Gasteiger partial charge in [-0.15, -0.1) is 10.2 Å². The average Bonchev–Trinajstić information content (AvgIpc) is 2.98. The lowest BCUT2D eigenvalue weighted by Gasteiger charge is -2.17. The number of nitrogens with zero attached hydrogens (tertiary/aromatic N) is 3. The molecule has 0 aromatic carbocycles. The van der Waals surface area contributed by atoms with Crippen LogP contribution in [0.1, 0.15) is 5.89 Å². The Morgan fingerprint density at radius 1 is 1.17 bits per heavy atom. The minimum absolute atomic E-state index is 0.0131. The Bertz CT molecular complexity index is 449. The topological polar surface area (TPSA) is 95.8 Å². The molecule has 18 heavy (non-hydrogen) atoms. The lowest BCUT2D eigenvalue weighted by molar-refractivity contribution is 0.147. The Kier molecular flexibility index (Phi) is 4.46. The predicted octanol–water partition coefficient (Wildman–Crippen LogP) is 0.116. The Hall–Kier alpha value is -1.70. The molecule has 0 spiro atoms. The van der Waals surface area contributed by atoms with E-state index in [1.165, 1.54) is 6.26 Å². The van der Waals surface area contributed by atoms with Crippen LogP contribution in [0.3, 0.4) is 0 Å². The summed E-state index contributed by atoms with van der Waals surface area (Å²) < 4.78 is 10.6. The Morgan fingerprint density at radius 3 is 2.56 bits per heavy atom. The molecule has 0 bridgehead atoms. The zero-order valence-corrected chi connectivity index (χ0v) is 9.82. The van der Waals surface area contributed by atoms with E-state index in [4.69, 9.17) is 19.0 Å². The van der Waals surface area contributed by atoms with Gasteiger partial charge >= 0.3 is 0 Å². The van der Waals surface area contributed by atoms with Gasteiger partial charge in [0.05, 0.1) is 26.0 Å². The first kappa shape index (κ1) is 12.7. The van der Waals surface area contributed by atoms with Gasteiger partial charge in [0.15, 0.2) is 5.76 Å². The fourth-order valence-corrected chi connectivity index (χ4v) is 1.56. The first-order valence-electron chi connectivity index (χ1n) is 5.64. The summed E-state index contributed by atoms with van der Waals surface area (Å²) in [5.41, 5.74) is 0. The van der Waals surface area contributed by atoms with Gasteiger partial charge in [0, 0.05) is 13.1 Å². The van der Waals surface area contributed by atoms with Gasteiger partial charge in [-0.1, -0.05) is 0 Å². The highest BCUT2D eigenvalue weighted by Crippen LogP contribution is 2.18. The number of aromatic nitrogens is 2. The van der Waals surface area contributed by atoms with Crippen LogP contribution in [0, 0.1) is 0 Å². The molecule has 0 aliphatic heterocycles. The number of rotatable bonds is 7. The summed E-state index contributed by atoms with van der Waals surface area (Å²) in [5.74, 6) is 1.26. The van der Waals surface area contributed by atoms with Crippen LogP contribution in [0.15, 0.2) is 27.2 Å². The monoisotopic (exact) mass is 253 g/mol. The zero-order valence-electron chi connectivity index (χ0n) is 9.82. The van der Waals surface area contributed by atoms with Gasteiger partial charge in [-0.05, 0) is 12.1 Å². The second kappa shape index (κ2) is 6.29. The van der Waals surface area contributed by atoms with Gasteiger partial charge in [0.1, 0.15) is 0 Å². The maximum Gasteiger partial charge on any atom is 0.283 e. The van der Waals surface area contributed by atoms with E-state index in [0.717, 1.165) is 0 Å². The second-order valence-corrected chi connectivity index (χ2v) is 3.70. The lowest BCUT2D eigenvalue weighted by atomic mass is 10.4. The van der Waals surface area contributed by atoms with Gasteiger partial charge in [0.25, 0.3) is 5.89 Å². The molecule has 0 amide bonds. The zero-order chi connectivity index (χ0) is 12.8. The summed E-state index contributed by atoms with van der Waals surface area (Å²) in [7, 11) is 0. The summed E-state index contributed by atoms with van der Waals surface area (Å²) in [6.45, 7) is 1.30. The van der Waals surface area contributed by atoms with Crippen LogP contribution in [-0.4, -0.2) is 51.6 Å². The van der Waals surface area contributed by atoms with E-state index in [1.54, 1.807) is 12.1 Å². The minimum atomic E-state index is 0.0131. The minimum Gasteiger partial charge on any atom is -0.459 e. The van der Waals surface area contributed by atoms with E-state index < -0.39 is 0 Å². The fraction of sp³-hybridized carbons (Fsp3) is 0.455. The molecule has 2 heterocycles. The van der Waals surface area contributed by atoms with Crippen LogP contribution in [-0.2, 0) is 6.54 Å². The van der Waals surface area contributed by atoms with E-state index in [0.29, 0.717) is 37.2 Å². The van der Waals surface area contributed by atoms with Crippen molar-refractivity contribution in [3.05, 3.63) is 24.3 Å². The third-order valence-electron chi connectivity index (χ3n) is 2.39. The third-order valence-corrected chi connectivity index (χ3v) is 2.39. The highest BCUT2D eigenvalue weighted by atomic mass is 16.4. The van der Waals surface area contributed by atoms with Crippen molar-refractivity contribution in [1.29, 1.82) is 0 Å². The standard InChI is InChI=1S/C11H15N3O4/c15-5-3-14(4-6-16)8-10-12-13-11(18-10)9-2-1-7-17-9/h1-2,7,15-16H,3-6,8H2. The number of aliphatic hydroxyl groups excluding tert-OH is 2. The molecule has 0 fully saturated rings. The lowest BCUT2D eigenvalue weighted by Crippen LogP contribution is -2.29. The summed E-state index contributed by atoms with van der Waals surface area (Å²) in [5, 5.41) is 25.5. The number of hydrogen-bond acceptors (Lipinski definition) is 7. The predicted molar refractivity (Wildman–Crippen MR) is 61.4 cm³/mol. The summed E-state index contributed by atoms with van der Waals surface area (Å²) in [6, 6.07) is 3.47. The van der Waals surface area contributed by atoms with Crippen molar-refractivity contribution in [2.24, 2.45) is 0 Å². The first-order valence-corrected chi connectivity index (χ1v) is 5.64. The number of hydrogen-bond donors (Lipinski definition) is 2. The Balaban J connectivity index is 2.01. The maximum atomic E-state index is 8.89. The molecule has 2 rings (SSSR count). The first-order chi connectivity index (χ1) is 8.83. The van der Waals surface area contributed by atoms with Crippen molar-refractivity contribution in [1.82, 2.24) is 15.1 Å². The molecule has 7 nitrogen and oxygen atoms in total. The van der Waals surface area contributed by atoms with Crippen LogP contribution in [0.25, 0.3) is 11.7 Å². The Labute approximate surface area is 104 Å². The second-order valence-electron chi connectivity index (χ2n) is 3.70. The molecule has 2 aromatic heterocycles. The van der Waals surface area contributed by atoms with Crippen molar-refractivity contribution in [3.8, 4) is 11.7 Å². The molecular formula is C11H15N3O4. The van der Waals surface area contributed by atoms with Gasteiger partial charge in [0.2, 0.25) is 5.89 Å². The molecule has 0 radical (unpaired) electrons. The van der Waals surface area contributed by atoms with Crippen molar-refractivity contribution in [2.45, 2.75) is 6.54 Å². The highest BCUT2D eigenvalue weighted by molar-refractivity contribution is 5.42. The molecule has 0 aliphatic rings. The molecule has 2 aromatic rings. The van der Waals surface area contributed by atoms with E-state index in [1.807, 2.05) is 4.90 Å². The smallest absolute Gasteiger partial charge is 0.283 e. The molecule has 0 aliphatic carbocycles. The average molecular weight is 253 g/mol. The number of furan rings is 1. The maximum absolute atomic E-state index is 8.89. The Morgan fingerprint density at radius 2 is 1.94 bits per heavy atom. The van der Waals surface area contributed by atoms with E-state index in [9.17, 15) is 0 Å². The van der Waals surface area contributed by atoms with Crippen molar-refractivity contribution in [3.63, 3.8) is 0 Å². The quantitative estimate of drug-likeness (QED) is 0.723. The van der Waals surface area contributed by atoms with Crippen molar-refractivity contribution < 1.29 is 19.0 Å². The summed E-state index contributed by atoms with van der Waals surface area (Å²) in [6.07, 6.45) is 1.53.